The maximum atomic E-state index is 13.5. The number of nitrogens with two attached hydrogens (primary N) is 2. The SMILES string of the molecule is Nc1oc2c(Oc3ccccc3)ncc(-c3ccc(F)c(Cl)c3)c2c1N. The Kier molecular flexibility index (Phi) is 3.89. The molecule has 2 aromatic carbocycles. The summed E-state index contributed by atoms with van der Waals surface area (Å²) in [6.45, 7) is 0. The van der Waals surface area contributed by atoms with E-state index in [9.17, 15) is 4.39 Å². The summed E-state index contributed by atoms with van der Waals surface area (Å²) in [5.74, 6) is 0.364. The van der Waals surface area contributed by atoms with Crippen LogP contribution in [0.1, 0.15) is 0 Å². The Labute approximate surface area is 153 Å². The zero-order valence-electron chi connectivity index (χ0n) is 13.4. The number of halogens is 2. The van der Waals surface area contributed by atoms with Crippen LogP contribution in [0.4, 0.5) is 16.0 Å². The van der Waals surface area contributed by atoms with Crippen LogP contribution < -0.4 is 16.2 Å². The first-order valence-electron chi connectivity index (χ1n) is 7.69. The fourth-order valence-corrected chi connectivity index (χ4v) is 2.86. The predicted octanol–water partition coefficient (Wildman–Crippen LogP) is 5.24. The minimum atomic E-state index is -0.511. The lowest BCUT2D eigenvalue weighted by Crippen LogP contribution is -1.93. The van der Waals surface area contributed by atoms with Gasteiger partial charge in [-0.1, -0.05) is 35.9 Å². The molecule has 2 aromatic heterocycles. The van der Waals surface area contributed by atoms with Crippen LogP contribution >= 0.6 is 11.6 Å². The van der Waals surface area contributed by atoms with E-state index in [-0.39, 0.29) is 22.5 Å². The van der Waals surface area contributed by atoms with Crippen LogP contribution in [-0.2, 0) is 0 Å². The number of nitrogen functional groups attached to an aromatic ring is 2. The molecule has 0 aliphatic rings. The quantitative estimate of drug-likeness (QED) is 0.515. The molecule has 4 aromatic rings. The molecule has 26 heavy (non-hydrogen) atoms. The third-order valence-corrected chi connectivity index (χ3v) is 4.23. The van der Waals surface area contributed by atoms with Gasteiger partial charge in [0.25, 0.3) is 5.88 Å². The second kappa shape index (κ2) is 6.24. The van der Waals surface area contributed by atoms with E-state index in [1.54, 1.807) is 24.4 Å². The Morgan fingerprint density at radius 1 is 1.08 bits per heavy atom. The van der Waals surface area contributed by atoms with Gasteiger partial charge in [0.05, 0.1) is 10.4 Å². The molecule has 7 heteroatoms. The number of hydrogen-bond acceptors (Lipinski definition) is 5. The van der Waals surface area contributed by atoms with Gasteiger partial charge in [0.15, 0.2) is 0 Å². The monoisotopic (exact) mass is 369 g/mol. The molecular formula is C19H13ClFN3O2. The van der Waals surface area contributed by atoms with Crippen molar-refractivity contribution in [2.24, 2.45) is 0 Å². The van der Waals surface area contributed by atoms with E-state index in [2.05, 4.69) is 4.98 Å². The van der Waals surface area contributed by atoms with E-state index in [1.807, 2.05) is 18.2 Å². The van der Waals surface area contributed by atoms with E-state index in [1.165, 1.54) is 12.1 Å². The first-order valence-corrected chi connectivity index (χ1v) is 8.07. The topological polar surface area (TPSA) is 87.3 Å². The predicted molar refractivity (Wildman–Crippen MR) is 99.8 cm³/mol. The maximum Gasteiger partial charge on any atom is 0.264 e. The lowest BCUT2D eigenvalue weighted by atomic mass is 10.0. The smallest absolute Gasteiger partial charge is 0.264 e. The normalized spacial score (nSPS) is 11.0. The fourth-order valence-electron chi connectivity index (χ4n) is 2.68. The zero-order chi connectivity index (χ0) is 18.3. The molecule has 4 rings (SSSR count). The van der Waals surface area contributed by atoms with Crippen molar-refractivity contribution in [1.82, 2.24) is 4.98 Å². The maximum absolute atomic E-state index is 13.5. The van der Waals surface area contributed by atoms with Crippen molar-refractivity contribution in [2.75, 3.05) is 11.5 Å². The van der Waals surface area contributed by atoms with Crippen molar-refractivity contribution < 1.29 is 13.5 Å². The number of furan rings is 1. The number of ether oxygens (including phenoxy) is 1. The van der Waals surface area contributed by atoms with Crippen LogP contribution in [0.3, 0.4) is 0 Å². The third kappa shape index (κ3) is 2.70. The van der Waals surface area contributed by atoms with Crippen LogP contribution in [0.5, 0.6) is 11.6 Å². The standard InChI is InChI=1S/C19H13ClFN3O2/c20-13-8-10(6-7-14(13)21)12-9-24-19(25-11-4-2-1-3-5-11)17-15(12)16(22)18(23)26-17/h1-9H,22-23H2. The van der Waals surface area contributed by atoms with Crippen LogP contribution in [0, 0.1) is 5.82 Å². The molecule has 0 aliphatic heterocycles. The third-order valence-electron chi connectivity index (χ3n) is 3.94. The molecule has 0 saturated heterocycles. The van der Waals surface area contributed by atoms with Gasteiger partial charge < -0.3 is 20.6 Å². The number of aromatic nitrogens is 1. The van der Waals surface area contributed by atoms with E-state index in [0.29, 0.717) is 27.8 Å². The zero-order valence-corrected chi connectivity index (χ0v) is 14.1. The summed E-state index contributed by atoms with van der Waals surface area (Å²) in [6, 6.07) is 13.5. The van der Waals surface area contributed by atoms with Gasteiger partial charge in [0, 0.05) is 11.8 Å². The van der Waals surface area contributed by atoms with E-state index < -0.39 is 5.82 Å². The average molecular weight is 370 g/mol. The highest BCUT2D eigenvalue weighted by molar-refractivity contribution is 6.31. The summed E-state index contributed by atoms with van der Waals surface area (Å²) >= 11 is 5.90. The first kappa shape index (κ1) is 16.2. The van der Waals surface area contributed by atoms with E-state index in [0.717, 1.165) is 0 Å². The first-order chi connectivity index (χ1) is 12.5. The summed E-state index contributed by atoms with van der Waals surface area (Å²) < 4.78 is 24.9. The second-order valence-electron chi connectivity index (χ2n) is 5.61. The fraction of sp³-hybridized carbons (Fsp3) is 0. The number of benzene rings is 2. The minimum Gasteiger partial charge on any atom is -0.436 e. The molecule has 0 bridgehead atoms. The Balaban J connectivity index is 1.91. The number of hydrogen-bond donors (Lipinski definition) is 2. The van der Waals surface area contributed by atoms with E-state index in [4.69, 9.17) is 32.2 Å². The van der Waals surface area contributed by atoms with Crippen molar-refractivity contribution >= 4 is 34.1 Å². The van der Waals surface area contributed by atoms with Crippen LogP contribution in [0.25, 0.3) is 22.1 Å². The summed E-state index contributed by atoms with van der Waals surface area (Å²) in [6.07, 6.45) is 1.56. The molecule has 5 nitrogen and oxygen atoms in total. The van der Waals surface area contributed by atoms with Crippen molar-refractivity contribution in [3.63, 3.8) is 0 Å². The number of anilines is 2. The van der Waals surface area contributed by atoms with Crippen LogP contribution in [0.15, 0.2) is 59.1 Å². The molecule has 0 spiro atoms. The van der Waals surface area contributed by atoms with Crippen molar-refractivity contribution in [2.45, 2.75) is 0 Å². The molecule has 0 radical (unpaired) electrons. The summed E-state index contributed by atoms with van der Waals surface area (Å²) in [4.78, 5) is 4.32. The van der Waals surface area contributed by atoms with Gasteiger partial charge in [0.1, 0.15) is 17.3 Å². The molecule has 0 amide bonds. The summed E-state index contributed by atoms with van der Waals surface area (Å²) in [5.41, 5.74) is 13.8. The Morgan fingerprint density at radius 3 is 2.58 bits per heavy atom. The van der Waals surface area contributed by atoms with Crippen molar-refractivity contribution in [3.8, 4) is 22.8 Å². The van der Waals surface area contributed by atoms with Gasteiger partial charge in [-0.3, -0.25) is 0 Å². The molecule has 2 heterocycles. The van der Waals surface area contributed by atoms with Gasteiger partial charge in [0.2, 0.25) is 11.5 Å². The van der Waals surface area contributed by atoms with Crippen molar-refractivity contribution in [3.05, 3.63) is 65.6 Å². The Morgan fingerprint density at radius 2 is 1.85 bits per heavy atom. The molecular weight excluding hydrogens is 357 g/mol. The molecule has 0 saturated carbocycles. The Bertz CT molecular complexity index is 1110. The van der Waals surface area contributed by atoms with Gasteiger partial charge in [-0.2, -0.15) is 0 Å². The summed E-state index contributed by atoms with van der Waals surface area (Å²) in [5, 5.41) is 0.529. The highest BCUT2D eigenvalue weighted by Gasteiger charge is 2.20. The number of nitrogens with zero attached hydrogens (tertiary/aromatic N) is 1. The number of fused-ring (bicyclic) bond motifs is 1. The van der Waals surface area contributed by atoms with Gasteiger partial charge >= 0.3 is 0 Å². The average Bonchev–Trinajstić information content (AvgIpc) is 2.94. The molecule has 0 atom stereocenters. The van der Waals surface area contributed by atoms with Crippen LogP contribution in [-0.4, -0.2) is 4.98 Å². The molecule has 0 aliphatic carbocycles. The van der Waals surface area contributed by atoms with Gasteiger partial charge in [-0.15, -0.1) is 0 Å². The largest absolute Gasteiger partial charge is 0.436 e. The van der Waals surface area contributed by atoms with Gasteiger partial charge in [-0.05, 0) is 29.8 Å². The number of pyridine rings is 1. The van der Waals surface area contributed by atoms with Crippen LogP contribution in [0.2, 0.25) is 5.02 Å². The minimum absolute atomic E-state index is 0.00435. The second-order valence-corrected chi connectivity index (χ2v) is 6.01. The number of para-hydroxylation sites is 1. The lowest BCUT2D eigenvalue weighted by Gasteiger charge is -2.09. The summed E-state index contributed by atoms with van der Waals surface area (Å²) in [7, 11) is 0. The Hall–Kier alpha value is -3.25. The van der Waals surface area contributed by atoms with Crippen molar-refractivity contribution in [1.29, 1.82) is 0 Å². The highest BCUT2D eigenvalue weighted by Crippen LogP contribution is 2.42. The molecule has 4 N–H and O–H groups in total. The lowest BCUT2D eigenvalue weighted by molar-refractivity contribution is 0.456. The van der Waals surface area contributed by atoms with E-state index >= 15 is 0 Å². The van der Waals surface area contributed by atoms with Gasteiger partial charge in [-0.25, -0.2) is 9.37 Å². The highest BCUT2D eigenvalue weighted by atomic mass is 35.5. The molecule has 0 fully saturated rings. The molecule has 130 valence electrons. The molecule has 0 unspecified atom stereocenters. The number of rotatable bonds is 3.